The third-order valence-corrected chi connectivity index (χ3v) is 0.368. The third kappa shape index (κ3) is 11.3. The molecule has 4 nitrogen and oxygen atoms in total. The van der Waals surface area contributed by atoms with E-state index in [-0.39, 0.29) is 27.3 Å². The molecule has 0 aromatic carbocycles. The summed E-state index contributed by atoms with van der Waals surface area (Å²) in [6, 6.07) is 0. The predicted octanol–water partition coefficient (Wildman–Crippen LogP) is -1.74. The van der Waals surface area contributed by atoms with Gasteiger partial charge >= 0.3 is 39.2 Å². The Morgan fingerprint density at radius 3 is 1.33 bits per heavy atom. The molecule has 0 aliphatic rings. The second-order valence-electron chi connectivity index (χ2n) is 1.01. The average Bonchev–Trinajstić information content (AvgIpc) is 1.61. The van der Waals surface area contributed by atoms with Crippen LogP contribution in [0.1, 0.15) is 0 Å². The zero-order valence-electron chi connectivity index (χ0n) is 3.87. The minimum atomic E-state index is -1.26. The standard InChI is InChI=1S/C4H4O4.Pb.4H/c5-3(6)1-2-4(7)8;;;;;/h1-2H,(H,5,6)(H,7,8);;;;;/b2-1-;;;;;. The van der Waals surface area contributed by atoms with Crippen molar-refractivity contribution in [1.82, 2.24) is 0 Å². The second-order valence-corrected chi connectivity index (χ2v) is 1.01. The van der Waals surface area contributed by atoms with Gasteiger partial charge in [0.05, 0.1) is 0 Å². The number of carboxylic acid groups (broad SMARTS) is 2. The summed E-state index contributed by atoms with van der Waals surface area (Å²) >= 11 is 0. The number of hydrogen-bond donors (Lipinski definition) is 2. The Labute approximate surface area is 71.3 Å². The number of rotatable bonds is 2. The van der Waals surface area contributed by atoms with Crippen molar-refractivity contribution in [2.45, 2.75) is 0 Å². The van der Waals surface area contributed by atoms with Gasteiger partial charge in [-0.1, -0.05) is 0 Å². The van der Waals surface area contributed by atoms with Gasteiger partial charge in [-0.25, -0.2) is 9.59 Å². The SMILES string of the molecule is O=C(O)/C=C\C(=O)O.[PbH4]. The molecule has 0 aliphatic carbocycles. The van der Waals surface area contributed by atoms with Gasteiger partial charge in [-0.15, -0.1) is 0 Å². The molecule has 0 atom stereocenters. The summed E-state index contributed by atoms with van der Waals surface area (Å²) < 4.78 is 0. The van der Waals surface area contributed by atoms with Crippen molar-refractivity contribution in [2.75, 3.05) is 0 Å². The van der Waals surface area contributed by atoms with Crippen LogP contribution in [0.2, 0.25) is 0 Å². The molecule has 9 heavy (non-hydrogen) atoms. The molecule has 0 bridgehead atoms. The van der Waals surface area contributed by atoms with Gasteiger partial charge in [0.15, 0.2) is 0 Å². The summed E-state index contributed by atoms with van der Waals surface area (Å²) in [4.78, 5) is 19.1. The van der Waals surface area contributed by atoms with Gasteiger partial charge in [0.25, 0.3) is 0 Å². The van der Waals surface area contributed by atoms with Crippen LogP contribution in [0.25, 0.3) is 0 Å². The molecule has 2 N–H and O–H groups in total. The number of carboxylic acids is 2. The molecule has 0 aliphatic heterocycles. The molecule has 0 saturated carbocycles. The molecule has 0 spiro atoms. The Hall–Kier alpha value is -0.398. The molecule has 0 fully saturated rings. The van der Waals surface area contributed by atoms with Crippen molar-refractivity contribution in [3.63, 3.8) is 0 Å². The molecule has 0 rings (SSSR count). The van der Waals surface area contributed by atoms with Crippen molar-refractivity contribution >= 4 is 39.2 Å². The molecule has 0 saturated heterocycles. The summed E-state index contributed by atoms with van der Waals surface area (Å²) in [5.74, 6) is -2.51. The van der Waals surface area contributed by atoms with E-state index in [9.17, 15) is 9.59 Å². The monoisotopic (exact) mass is 328 g/mol. The molecular formula is C4H8O4Pb. The fraction of sp³-hybridized carbons (Fsp3) is 0. The molecule has 0 unspecified atom stereocenters. The predicted molar refractivity (Wildman–Crippen MR) is 35.7 cm³/mol. The van der Waals surface area contributed by atoms with E-state index in [1.807, 2.05) is 0 Å². The van der Waals surface area contributed by atoms with Gasteiger partial charge in [-0.2, -0.15) is 0 Å². The first-order chi connectivity index (χ1) is 3.63. The second kappa shape index (κ2) is 5.73. The van der Waals surface area contributed by atoms with Gasteiger partial charge in [0, 0.05) is 12.2 Å². The van der Waals surface area contributed by atoms with Gasteiger partial charge in [-0.3, -0.25) is 0 Å². The molecule has 0 radical (unpaired) electrons. The van der Waals surface area contributed by atoms with E-state index in [0.717, 1.165) is 0 Å². The average molecular weight is 327 g/mol. The Bertz CT molecular complexity index is 124. The summed E-state index contributed by atoms with van der Waals surface area (Å²) in [6.07, 6.45) is 1.12. The number of hydrogen-bond acceptors (Lipinski definition) is 2. The van der Waals surface area contributed by atoms with Crippen LogP contribution in [0.3, 0.4) is 0 Å². The van der Waals surface area contributed by atoms with Crippen LogP contribution in [-0.2, 0) is 9.59 Å². The Morgan fingerprint density at radius 2 is 1.22 bits per heavy atom. The summed E-state index contributed by atoms with van der Waals surface area (Å²) in [7, 11) is 0. The van der Waals surface area contributed by atoms with Crippen molar-refractivity contribution in [1.29, 1.82) is 0 Å². The summed E-state index contributed by atoms with van der Waals surface area (Å²) in [6.45, 7) is 0. The molecule has 52 valence electrons. The van der Waals surface area contributed by atoms with E-state index >= 15 is 0 Å². The van der Waals surface area contributed by atoms with Crippen LogP contribution in [-0.4, -0.2) is 49.5 Å². The van der Waals surface area contributed by atoms with Crippen molar-refractivity contribution < 1.29 is 19.8 Å². The van der Waals surface area contributed by atoms with Crippen LogP contribution in [0.5, 0.6) is 0 Å². The third-order valence-electron chi connectivity index (χ3n) is 0.368. The topological polar surface area (TPSA) is 74.6 Å². The molecule has 0 aromatic heterocycles. The van der Waals surface area contributed by atoms with E-state index < -0.39 is 11.9 Å². The number of carbonyl (C=O) groups is 2. The Balaban J connectivity index is 0. The van der Waals surface area contributed by atoms with Gasteiger partial charge in [0.2, 0.25) is 0 Å². The zero-order chi connectivity index (χ0) is 6.57. The summed E-state index contributed by atoms with van der Waals surface area (Å²) in [5, 5.41) is 15.6. The fourth-order valence-corrected chi connectivity index (χ4v) is 0.143. The van der Waals surface area contributed by atoms with E-state index in [2.05, 4.69) is 0 Å². The van der Waals surface area contributed by atoms with E-state index in [1.54, 1.807) is 0 Å². The van der Waals surface area contributed by atoms with Gasteiger partial charge in [0.1, 0.15) is 0 Å². The maximum atomic E-state index is 9.55. The van der Waals surface area contributed by atoms with Crippen molar-refractivity contribution in [2.24, 2.45) is 0 Å². The van der Waals surface area contributed by atoms with Crippen LogP contribution in [0.15, 0.2) is 12.2 Å². The molecular weight excluding hydrogens is 319 g/mol. The quantitative estimate of drug-likeness (QED) is 0.466. The van der Waals surface area contributed by atoms with Gasteiger partial charge < -0.3 is 10.2 Å². The van der Waals surface area contributed by atoms with E-state index in [4.69, 9.17) is 10.2 Å². The van der Waals surface area contributed by atoms with Crippen LogP contribution < -0.4 is 0 Å². The normalized spacial score (nSPS) is 8.44. The minimum absolute atomic E-state index is 0. The van der Waals surface area contributed by atoms with Gasteiger partial charge in [-0.05, 0) is 0 Å². The first-order valence-electron chi connectivity index (χ1n) is 1.77. The van der Waals surface area contributed by atoms with Crippen LogP contribution in [0.4, 0.5) is 0 Å². The Kier molecular flexibility index (Phi) is 7.27. The van der Waals surface area contributed by atoms with Crippen LogP contribution >= 0.6 is 0 Å². The zero-order valence-corrected chi connectivity index (χ0v) is 3.87. The first kappa shape index (κ1) is 11.4. The molecule has 0 amide bonds. The fourth-order valence-electron chi connectivity index (χ4n) is 0.143. The molecule has 0 heterocycles. The maximum absolute atomic E-state index is 9.55. The molecule has 0 aromatic rings. The van der Waals surface area contributed by atoms with E-state index in [0.29, 0.717) is 12.2 Å². The Morgan fingerprint density at radius 1 is 1.00 bits per heavy atom. The van der Waals surface area contributed by atoms with Crippen LogP contribution in [0, 0.1) is 0 Å². The molecule has 5 heteroatoms. The number of aliphatic carboxylic acids is 2. The van der Waals surface area contributed by atoms with E-state index in [1.165, 1.54) is 0 Å². The first-order valence-corrected chi connectivity index (χ1v) is 1.77. The van der Waals surface area contributed by atoms with Crippen molar-refractivity contribution in [3.05, 3.63) is 12.2 Å². The summed E-state index contributed by atoms with van der Waals surface area (Å²) in [5.41, 5.74) is 0. The van der Waals surface area contributed by atoms with Crippen molar-refractivity contribution in [3.8, 4) is 0 Å².